The van der Waals surface area contributed by atoms with E-state index in [9.17, 15) is 9.59 Å². The largest absolute Gasteiger partial charge is 0.450 e. The van der Waals surface area contributed by atoms with Crippen LogP contribution < -0.4 is 10.3 Å². The van der Waals surface area contributed by atoms with E-state index in [0.29, 0.717) is 23.1 Å². The predicted molar refractivity (Wildman–Crippen MR) is 121 cm³/mol. The number of carbonyl (C=O) groups excluding carboxylic acids is 1. The van der Waals surface area contributed by atoms with Gasteiger partial charge in [0.1, 0.15) is 5.58 Å². The Balaban J connectivity index is 1.87. The van der Waals surface area contributed by atoms with Crippen molar-refractivity contribution in [2.75, 3.05) is 26.2 Å². The summed E-state index contributed by atoms with van der Waals surface area (Å²) in [6, 6.07) is 12.9. The lowest BCUT2D eigenvalue weighted by atomic mass is 9.98. The van der Waals surface area contributed by atoms with Gasteiger partial charge in [-0.25, -0.2) is 0 Å². The first kappa shape index (κ1) is 20.8. The van der Waals surface area contributed by atoms with Gasteiger partial charge in [0.2, 0.25) is 5.76 Å². The molecule has 1 atom stereocenters. The molecule has 1 amide bonds. The third kappa shape index (κ3) is 3.59. The number of benzene rings is 2. The van der Waals surface area contributed by atoms with Gasteiger partial charge in [0.25, 0.3) is 5.91 Å². The highest BCUT2D eigenvalue weighted by Gasteiger charge is 2.42. The molecule has 0 unspecified atom stereocenters. The number of quaternary nitrogens is 1. The minimum Gasteiger partial charge on any atom is -0.450 e. The summed E-state index contributed by atoms with van der Waals surface area (Å²) in [5.74, 6) is -0.0287. The van der Waals surface area contributed by atoms with Crippen molar-refractivity contribution in [2.24, 2.45) is 0 Å². The highest BCUT2D eigenvalue weighted by molar-refractivity contribution is 9.10. The Morgan fingerprint density at radius 1 is 1.07 bits per heavy atom. The number of hydrogen-bond acceptors (Lipinski definition) is 3. The first-order valence-corrected chi connectivity index (χ1v) is 11.2. The van der Waals surface area contributed by atoms with Crippen LogP contribution in [0.1, 0.15) is 47.1 Å². The quantitative estimate of drug-likeness (QED) is 0.602. The lowest BCUT2D eigenvalue weighted by Crippen LogP contribution is -3.12. The van der Waals surface area contributed by atoms with E-state index in [1.165, 1.54) is 4.90 Å². The summed E-state index contributed by atoms with van der Waals surface area (Å²) in [5, 5.41) is 0.490. The monoisotopic (exact) mass is 469 g/mol. The smallest absolute Gasteiger partial charge is 0.291 e. The summed E-state index contributed by atoms with van der Waals surface area (Å²) in [6.07, 6.45) is 0. The second-order valence-corrected chi connectivity index (χ2v) is 8.75. The molecular formula is C24H26BrN2O3+. The topological polar surface area (TPSA) is 55.0 Å². The van der Waals surface area contributed by atoms with Crippen LogP contribution in [0, 0.1) is 6.92 Å². The number of carbonyl (C=O) groups is 1. The molecule has 0 saturated heterocycles. The highest BCUT2D eigenvalue weighted by Crippen LogP contribution is 2.38. The predicted octanol–water partition coefficient (Wildman–Crippen LogP) is 3.33. The first-order chi connectivity index (χ1) is 14.4. The molecule has 5 nitrogen and oxygen atoms in total. The summed E-state index contributed by atoms with van der Waals surface area (Å²) in [7, 11) is 0. The number of aryl methyl sites for hydroxylation is 1. The van der Waals surface area contributed by atoms with Crippen molar-refractivity contribution in [3.05, 3.63) is 79.6 Å². The van der Waals surface area contributed by atoms with Gasteiger partial charge >= 0.3 is 0 Å². The molecule has 30 heavy (non-hydrogen) atoms. The molecule has 1 aliphatic rings. The third-order valence-corrected chi connectivity index (χ3v) is 6.52. The molecule has 3 aromatic rings. The minimum atomic E-state index is -0.428. The normalized spacial score (nSPS) is 16.0. The van der Waals surface area contributed by atoms with Crippen LogP contribution >= 0.6 is 15.9 Å². The second kappa shape index (κ2) is 8.36. The van der Waals surface area contributed by atoms with Gasteiger partial charge in [-0.05, 0) is 44.5 Å². The van der Waals surface area contributed by atoms with E-state index in [2.05, 4.69) is 29.8 Å². The van der Waals surface area contributed by atoms with Gasteiger partial charge in [0.05, 0.1) is 43.2 Å². The molecule has 1 aromatic heterocycles. The van der Waals surface area contributed by atoms with Crippen LogP contribution in [0.5, 0.6) is 0 Å². The SMILES string of the molecule is CC[NH+](CC)CCN1C(=O)c2oc3ccc(Br)cc3c(=O)c2[C@@H]1c1ccc(C)cc1. The Hall–Kier alpha value is -2.44. The number of rotatable bonds is 6. The molecule has 0 bridgehead atoms. The van der Waals surface area contributed by atoms with Crippen LogP contribution in [-0.4, -0.2) is 37.0 Å². The molecule has 6 heteroatoms. The van der Waals surface area contributed by atoms with Crippen LogP contribution in [-0.2, 0) is 0 Å². The van der Waals surface area contributed by atoms with Crippen molar-refractivity contribution in [1.29, 1.82) is 0 Å². The molecule has 1 N–H and O–H groups in total. The molecule has 2 heterocycles. The zero-order valence-electron chi connectivity index (χ0n) is 17.5. The number of likely N-dealkylation sites (N-methyl/N-ethyl adjacent to an activating group) is 1. The zero-order valence-corrected chi connectivity index (χ0v) is 19.1. The Bertz CT molecular complexity index is 1150. The van der Waals surface area contributed by atoms with Gasteiger partial charge in [0.15, 0.2) is 5.43 Å². The van der Waals surface area contributed by atoms with E-state index in [-0.39, 0.29) is 17.1 Å². The average molecular weight is 470 g/mol. The summed E-state index contributed by atoms with van der Waals surface area (Å²) in [6.45, 7) is 9.70. The number of halogens is 1. The number of hydrogen-bond donors (Lipinski definition) is 1. The molecule has 0 saturated carbocycles. The Morgan fingerprint density at radius 2 is 1.77 bits per heavy atom. The fourth-order valence-corrected chi connectivity index (χ4v) is 4.56. The van der Waals surface area contributed by atoms with E-state index in [4.69, 9.17) is 4.42 Å². The van der Waals surface area contributed by atoms with Crippen molar-refractivity contribution >= 4 is 32.8 Å². The Labute approximate surface area is 184 Å². The maximum atomic E-state index is 13.5. The number of amides is 1. The van der Waals surface area contributed by atoms with Crippen molar-refractivity contribution in [3.8, 4) is 0 Å². The van der Waals surface area contributed by atoms with Crippen LogP contribution in [0.3, 0.4) is 0 Å². The standard InChI is InChI=1S/C24H25BrN2O3/c1-4-26(5-2)12-13-27-21(16-8-6-15(3)7-9-16)20-22(28)18-14-17(25)10-11-19(18)30-23(20)24(27)29/h6-11,14,21H,4-5,12-13H2,1-3H3/p+1/t21-/m0/s1. The van der Waals surface area contributed by atoms with Crippen molar-refractivity contribution in [1.82, 2.24) is 4.90 Å². The van der Waals surface area contributed by atoms with E-state index >= 15 is 0 Å². The molecule has 2 aromatic carbocycles. The summed E-state index contributed by atoms with van der Waals surface area (Å²) < 4.78 is 6.80. The molecule has 0 aliphatic carbocycles. The van der Waals surface area contributed by atoms with E-state index in [1.54, 1.807) is 17.0 Å². The lowest BCUT2D eigenvalue weighted by Gasteiger charge is -2.26. The van der Waals surface area contributed by atoms with Crippen molar-refractivity contribution < 1.29 is 14.1 Å². The lowest BCUT2D eigenvalue weighted by molar-refractivity contribution is -0.895. The third-order valence-electron chi connectivity index (χ3n) is 6.03. The molecule has 156 valence electrons. The summed E-state index contributed by atoms with van der Waals surface area (Å²) in [4.78, 5) is 30.1. The Morgan fingerprint density at radius 3 is 2.43 bits per heavy atom. The second-order valence-electron chi connectivity index (χ2n) is 7.83. The van der Waals surface area contributed by atoms with Crippen LogP contribution in [0.4, 0.5) is 0 Å². The van der Waals surface area contributed by atoms with E-state index < -0.39 is 6.04 Å². The number of nitrogens with zero attached hydrogens (tertiary/aromatic N) is 1. The van der Waals surface area contributed by atoms with E-state index in [1.807, 2.05) is 37.3 Å². The van der Waals surface area contributed by atoms with Gasteiger partial charge in [-0.2, -0.15) is 0 Å². The number of nitrogens with one attached hydrogen (secondary N) is 1. The molecule has 4 rings (SSSR count). The highest BCUT2D eigenvalue weighted by atomic mass is 79.9. The van der Waals surface area contributed by atoms with E-state index in [0.717, 1.165) is 35.2 Å². The molecule has 0 fully saturated rings. The van der Waals surface area contributed by atoms with Crippen molar-refractivity contribution in [2.45, 2.75) is 26.8 Å². The zero-order chi connectivity index (χ0) is 21.4. The van der Waals surface area contributed by atoms with Gasteiger partial charge in [0, 0.05) is 4.47 Å². The van der Waals surface area contributed by atoms with Gasteiger partial charge in [-0.3, -0.25) is 9.59 Å². The number of fused-ring (bicyclic) bond motifs is 2. The Kier molecular flexibility index (Phi) is 5.80. The first-order valence-electron chi connectivity index (χ1n) is 10.4. The fraction of sp³-hybridized carbons (Fsp3) is 0.333. The van der Waals surface area contributed by atoms with Gasteiger partial charge in [-0.15, -0.1) is 0 Å². The van der Waals surface area contributed by atoms with Gasteiger partial charge in [-0.1, -0.05) is 45.8 Å². The maximum absolute atomic E-state index is 13.5. The molecule has 1 aliphatic heterocycles. The fourth-order valence-electron chi connectivity index (χ4n) is 4.20. The summed E-state index contributed by atoms with van der Waals surface area (Å²) >= 11 is 3.43. The van der Waals surface area contributed by atoms with Gasteiger partial charge < -0.3 is 14.2 Å². The maximum Gasteiger partial charge on any atom is 0.291 e. The van der Waals surface area contributed by atoms with Crippen LogP contribution in [0.15, 0.2) is 56.1 Å². The van der Waals surface area contributed by atoms with Crippen LogP contribution in [0.25, 0.3) is 11.0 Å². The molecule has 0 spiro atoms. The summed E-state index contributed by atoms with van der Waals surface area (Å²) in [5.41, 5.74) is 2.82. The van der Waals surface area contributed by atoms with Crippen molar-refractivity contribution in [3.63, 3.8) is 0 Å². The van der Waals surface area contributed by atoms with Crippen LogP contribution in [0.2, 0.25) is 0 Å². The molecule has 0 radical (unpaired) electrons. The average Bonchev–Trinajstić information content (AvgIpc) is 3.02. The molecular weight excluding hydrogens is 444 g/mol. The minimum absolute atomic E-state index is 0.135.